The highest BCUT2D eigenvalue weighted by atomic mass is 35.5. The van der Waals surface area contributed by atoms with E-state index in [0.29, 0.717) is 12.5 Å². The minimum atomic E-state index is 0. The van der Waals surface area contributed by atoms with Gasteiger partial charge in [-0.25, -0.2) is 4.98 Å². The lowest BCUT2D eigenvalue weighted by molar-refractivity contribution is -0.131. The molecule has 1 saturated heterocycles. The molecule has 2 aromatic rings. The number of thiazole rings is 1. The number of carbonyl (C=O) groups is 1. The predicted molar refractivity (Wildman–Crippen MR) is 106 cm³/mol. The molecule has 1 atom stereocenters. The third-order valence-electron chi connectivity index (χ3n) is 4.34. The molecule has 1 aliphatic heterocycles. The Labute approximate surface area is 159 Å². The molecule has 3 rings (SSSR count). The Morgan fingerprint density at radius 1 is 1.33 bits per heavy atom. The van der Waals surface area contributed by atoms with Gasteiger partial charge in [-0.05, 0) is 44.4 Å². The average molecular weight is 390 g/mol. The van der Waals surface area contributed by atoms with Crippen LogP contribution in [0.3, 0.4) is 0 Å². The second-order valence-corrected chi connectivity index (χ2v) is 7.05. The number of nitrogens with one attached hydrogen (secondary N) is 1. The summed E-state index contributed by atoms with van der Waals surface area (Å²) in [6.07, 6.45) is 4.68. The van der Waals surface area contributed by atoms with E-state index in [9.17, 15) is 4.79 Å². The number of hydrogen-bond acceptors (Lipinski definition) is 4. The number of aromatic nitrogens is 1. The maximum atomic E-state index is 12.2. The number of halogens is 2. The molecule has 1 aromatic carbocycles. The first-order valence-corrected chi connectivity index (χ1v) is 8.86. The summed E-state index contributed by atoms with van der Waals surface area (Å²) in [6.45, 7) is 1.97. The van der Waals surface area contributed by atoms with Crippen LogP contribution in [0.4, 0.5) is 0 Å². The summed E-state index contributed by atoms with van der Waals surface area (Å²) < 4.78 is 1.25. The molecule has 4 nitrogen and oxygen atoms in total. The highest BCUT2D eigenvalue weighted by molar-refractivity contribution is 7.18. The number of likely N-dealkylation sites (N-methyl/N-ethyl adjacent to an activating group) is 1. The zero-order valence-corrected chi connectivity index (χ0v) is 16.3. The van der Waals surface area contributed by atoms with Gasteiger partial charge >= 0.3 is 0 Å². The first-order valence-electron chi connectivity index (χ1n) is 8.05. The monoisotopic (exact) mass is 389 g/mol. The Balaban J connectivity index is 0.00000144. The Bertz CT molecular complexity index is 611. The van der Waals surface area contributed by atoms with E-state index in [4.69, 9.17) is 0 Å². The van der Waals surface area contributed by atoms with Crippen LogP contribution in [-0.2, 0) is 11.2 Å². The standard InChI is InChI=1S/C17H23N3OS.2ClH/c1-20(13-10-11-18-12-13)17(21)9-5-4-8-16-19-14-6-2-3-7-15(14)22-16;;/h2-3,6-7,13,18H,4-5,8-12H2,1H3;2*1H. The van der Waals surface area contributed by atoms with E-state index in [1.165, 1.54) is 9.71 Å². The molecule has 0 spiro atoms. The van der Waals surface area contributed by atoms with E-state index in [0.717, 1.165) is 44.3 Å². The van der Waals surface area contributed by atoms with Crippen LogP contribution in [0.2, 0.25) is 0 Å². The molecule has 7 heteroatoms. The molecule has 1 amide bonds. The van der Waals surface area contributed by atoms with Gasteiger partial charge < -0.3 is 10.2 Å². The molecule has 1 aromatic heterocycles. The summed E-state index contributed by atoms with van der Waals surface area (Å²) in [5, 5.41) is 4.49. The number of carbonyl (C=O) groups excluding carboxylic acids is 1. The van der Waals surface area contributed by atoms with Gasteiger partial charge in [0.25, 0.3) is 0 Å². The third kappa shape index (κ3) is 5.31. The number of nitrogens with zero attached hydrogens (tertiary/aromatic N) is 2. The molecule has 1 fully saturated rings. The summed E-state index contributed by atoms with van der Waals surface area (Å²) >= 11 is 1.77. The quantitative estimate of drug-likeness (QED) is 0.766. The fourth-order valence-corrected chi connectivity index (χ4v) is 3.94. The smallest absolute Gasteiger partial charge is 0.222 e. The SMILES string of the molecule is CN(C(=O)CCCCc1nc2ccccc2s1)C1CCNC1.Cl.Cl. The van der Waals surface area contributed by atoms with E-state index in [-0.39, 0.29) is 30.7 Å². The van der Waals surface area contributed by atoms with Crippen LogP contribution < -0.4 is 5.32 Å². The minimum Gasteiger partial charge on any atom is -0.341 e. The van der Waals surface area contributed by atoms with Crippen LogP contribution in [0.25, 0.3) is 10.2 Å². The lowest BCUT2D eigenvalue weighted by Crippen LogP contribution is -2.38. The van der Waals surface area contributed by atoms with E-state index in [1.54, 1.807) is 11.3 Å². The molecule has 0 radical (unpaired) electrons. The number of aryl methyl sites for hydroxylation is 1. The number of benzene rings is 1. The fourth-order valence-electron chi connectivity index (χ4n) is 2.93. The van der Waals surface area contributed by atoms with Gasteiger partial charge in [0, 0.05) is 26.1 Å². The normalized spacial score (nSPS) is 16.5. The molecule has 134 valence electrons. The number of fused-ring (bicyclic) bond motifs is 1. The second-order valence-electron chi connectivity index (χ2n) is 5.93. The number of para-hydroxylation sites is 1. The molecular weight excluding hydrogens is 365 g/mol. The highest BCUT2D eigenvalue weighted by Crippen LogP contribution is 2.23. The number of hydrogen-bond donors (Lipinski definition) is 1. The maximum Gasteiger partial charge on any atom is 0.222 e. The molecule has 1 aliphatic rings. The second kappa shape index (κ2) is 10.2. The van der Waals surface area contributed by atoms with Crippen molar-refractivity contribution >= 4 is 52.3 Å². The summed E-state index contributed by atoms with van der Waals surface area (Å²) in [5.41, 5.74) is 1.09. The van der Waals surface area contributed by atoms with Crippen LogP contribution >= 0.6 is 36.2 Å². The van der Waals surface area contributed by atoms with Gasteiger partial charge in [0.1, 0.15) is 0 Å². The fraction of sp³-hybridized carbons (Fsp3) is 0.529. The van der Waals surface area contributed by atoms with Crippen molar-refractivity contribution in [1.29, 1.82) is 0 Å². The minimum absolute atomic E-state index is 0. The van der Waals surface area contributed by atoms with Crippen LogP contribution in [0.15, 0.2) is 24.3 Å². The van der Waals surface area contributed by atoms with Crippen LogP contribution in [0, 0.1) is 0 Å². The lowest BCUT2D eigenvalue weighted by Gasteiger charge is -2.23. The molecular formula is C17H25Cl2N3OS. The van der Waals surface area contributed by atoms with Crippen molar-refractivity contribution in [3.05, 3.63) is 29.3 Å². The Morgan fingerprint density at radius 2 is 2.12 bits per heavy atom. The molecule has 0 saturated carbocycles. The molecule has 1 N–H and O–H groups in total. The van der Waals surface area contributed by atoms with E-state index < -0.39 is 0 Å². The molecule has 24 heavy (non-hydrogen) atoms. The Hall–Kier alpha value is -0.880. The van der Waals surface area contributed by atoms with E-state index >= 15 is 0 Å². The summed E-state index contributed by atoms with van der Waals surface area (Å²) in [6, 6.07) is 8.64. The Kier molecular flexibility index (Phi) is 8.98. The molecule has 0 aliphatic carbocycles. The van der Waals surface area contributed by atoms with Crippen molar-refractivity contribution in [2.24, 2.45) is 0 Å². The van der Waals surface area contributed by atoms with Gasteiger partial charge in [0.2, 0.25) is 5.91 Å². The van der Waals surface area contributed by atoms with Gasteiger partial charge in [0.05, 0.1) is 15.2 Å². The van der Waals surface area contributed by atoms with Crippen molar-refractivity contribution in [3.8, 4) is 0 Å². The molecule has 1 unspecified atom stereocenters. The van der Waals surface area contributed by atoms with Crippen LogP contribution in [-0.4, -0.2) is 42.0 Å². The van der Waals surface area contributed by atoms with Gasteiger partial charge in [-0.1, -0.05) is 12.1 Å². The third-order valence-corrected chi connectivity index (χ3v) is 5.44. The van der Waals surface area contributed by atoms with Gasteiger partial charge in [-0.3, -0.25) is 4.79 Å². The lowest BCUT2D eigenvalue weighted by atomic mass is 10.1. The number of rotatable bonds is 6. The summed E-state index contributed by atoms with van der Waals surface area (Å²) in [7, 11) is 1.94. The molecule has 2 heterocycles. The zero-order valence-electron chi connectivity index (χ0n) is 13.9. The van der Waals surface area contributed by atoms with Gasteiger partial charge in [-0.15, -0.1) is 36.2 Å². The Morgan fingerprint density at radius 3 is 2.83 bits per heavy atom. The van der Waals surface area contributed by atoms with Crippen molar-refractivity contribution < 1.29 is 4.79 Å². The van der Waals surface area contributed by atoms with Crippen molar-refractivity contribution in [3.63, 3.8) is 0 Å². The van der Waals surface area contributed by atoms with Crippen molar-refractivity contribution in [2.45, 2.75) is 38.1 Å². The van der Waals surface area contributed by atoms with Gasteiger partial charge in [-0.2, -0.15) is 0 Å². The number of amides is 1. The van der Waals surface area contributed by atoms with E-state index in [2.05, 4.69) is 28.5 Å². The van der Waals surface area contributed by atoms with E-state index in [1.807, 2.05) is 18.0 Å². The van der Waals surface area contributed by atoms with Crippen molar-refractivity contribution in [1.82, 2.24) is 15.2 Å². The zero-order chi connectivity index (χ0) is 15.4. The first-order chi connectivity index (χ1) is 10.7. The summed E-state index contributed by atoms with van der Waals surface area (Å²) in [4.78, 5) is 18.7. The topological polar surface area (TPSA) is 45.2 Å². The maximum absolute atomic E-state index is 12.2. The highest BCUT2D eigenvalue weighted by Gasteiger charge is 2.22. The van der Waals surface area contributed by atoms with Crippen LogP contribution in [0.1, 0.15) is 30.7 Å². The first kappa shape index (κ1) is 21.2. The van der Waals surface area contributed by atoms with Gasteiger partial charge in [0.15, 0.2) is 0 Å². The van der Waals surface area contributed by atoms with Crippen LogP contribution in [0.5, 0.6) is 0 Å². The largest absolute Gasteiger partial charge is 0.341 e. The van der Waals surface area contributed by atoms with Crippen molar-refractivity contribution in [2.75, 3.05) is 20.1 Å². The number of unbranched alkanes of at least 4 members (excludes halogenated alkanes) is 1. The predicted octanol–water partition coefficient (Wildman–Crippen LogP) is 3.67. The molecule has 0 bridgehead atoms. The average Bonchev–Trinajstić information content (AvgIpc) is 3.19. The summed E-state index contributed by atoms with van der Waals surface area (Å²) in [5.74, 6) is 0.276.